The van der Waals surface area contributed by atoms with E-state index in [2.05, 4.69) is 15.4 Å². The first-order valence-electron chi connectivity index (χ1n) is 4.98. The molecular weight excluding hydrogens is 240 g/mol. The molecule has 2 aromatic rings. The lowest BCUT2D eigenvalue weighted by Crippen LogP contribution is -2.01. The first-order chi connectivity index (χ1) is 8.06. The minimum Gasteiger partial charge on any atom is -0.476 e. The van der Waals surface area contributed by atoms with Crippen molar-refractivity contribution in [2.75, 3.05) is 5.32 Å². The van der Waals surface area contributed by atoms with E-state index in [4.69, 9.17) is 5.11 Å². The number of thiazole rings is 1. The fourth-order valence-corrected chi connectivity index (χ4v) is 2.13. The van der Waals surface area contributed by atoms with Gasteiger partial charge in [-0.15, -0.1) is 11.3 Å². The zero-order chi connectivity index (χ0) is 12.4. The molecule has 0 saturated carbocycles. The summed E-state index contributed by atoms with van der Waals surface area (Å²) >= 11 is 1.28. The van der Waals surface area contributed by atoms with Crippen LogP contribution in [0.15, 0.2) is 11.6 Å². The molecule has 2 rings (SSSR count). The first kappa shape index (κ1) is 11.6. The summed E-state index contributed by atoms with van der Waals surface area (Å²) in [5.41, 5.74) is 2.09. The number of aromatic nitrogens is 3. The van der Waals surface area contributed by atoms with Crippen LogP contribution in [0.25, 0.3) is 0 Å². The maximum atomic E-state index is 10.6. The van der Waals surface area contributed by atoms with E-state index in [-0.39, 0.29) is 5.69 Å². The fraction of sp³-hybridized carbons (Fsp3) is 0.300. The minimum absolute atomic E-state index is 0.0698. The monoisotopic (exact) mass is 252 g/mol. The van der Waals surface area contributed by atoms with Crippen molar-refractivity contribution < 1.29 is 9.90 Å². The smallest absolute Gasteiger partial charge is 0.355 e. The Bertz CT molecular complexity index is 546. The molecule has 90 valence electrons. The molecule has 0 spiro atoms. The zero-order valence-corrected chi connectivity index (χ0v) is 10.3. The number of carboxylic acids is 1. The highest BCUT2D eigenvalue weighted by molar-refractivity contribution is 7.13. The zero-order valence-electron chi connectivity index (χ0n) is 9.47. The lowest BCUT2D eigenvalue weighted by atomic mass is 10.3. The largest absolute Gasteiger partial charge is 0.476 e. The molecule has 0 radical (unpaired) electrons. The summed E-state index contributed by atoms with van der Waals surface area (Å²) in [5, 5.41) is 18.2. The van der Waals surface area contributed by atoms with E-state index in [9.17, 15) is 4.79 Å². The van der Waals surface area contributed by atoms with Gasteiger partial charge in [0, 0.05) is 30.7 Å². The van der Waals surface area contributed by atoms with Crippen LogP contribution in [0.1, 0.15) is 21.7 Å². The highest BCUT2D eigenvalue weighted by Crippen LogP contribution is 2.17. The highest BCUT2D eigenvalue weighted by atomic mass is 32.1. The van der Waals surface area contributed by atoms with Crippen molar-refractivity contribution in [3.05, 3.63) is 28.5 Å². The van der Waals surface area contributed by atoms with Crippen LogP contribution < -0.4 is 5.32 Å². The quantitative estimate of drug-likeness (QED) is 0.861. The second kappa shape index (κ2) is 4.54. The van der Waals surface area contributed by atoms with Gasteiger partial charge in [0.25, 0.3) is 0 Å². The van der Waals surface area contributed by atoms with Gasteiger partial charge in [-0.2, -0.15) is 5.10 Å². The van der Waals surface area contributed by atoms with Crippen molar-refractivity contribution >= 4 is 22.4 Å². The van der Waals surface area contributed by atoms with Gasteiger partial charge in [-0.25, -0.2) is 9.78 Å². The molecule has 0 atom stereocenters. The topological polar surface area (TPSA) is 80.0 Å². The average molecular weight is 252 g/mol. The summed E-state index contributed by atoms with van der Waals surface area (Å²) in [6, 6.07) is 0. The van der Waals surface area contributed by atoms with Crippen LogP contribution in [-0.2, 0) is 13.6 Å². The average Bonchev–Trinajstić information content (AvgIpc) is 2.82. The number of aryl methyl sites for hydroxylation is 2. The number of nitrogens with zero attached hydrogens (tertiary/aromatic N) is 3. The number of hydrogen-bond donors (Lipinski definition) is 2. The van der Waals surface area contributed by atoms with Gasteiger partial charge in [-0.05, 0) is 6.92 Å². The highest BCUT2D eigenvalue weighted by Gasteiger charge is 2.09. The second-order valence-electron chi connectivity index (χ2n) is 3.61. The Kier molecular flexibility index (Phi) is 3.10. The van der Waals surface area contributed by atoms with E-state index in [0.29, 0.717) is 11.7 Å². The number of hydrogen-bond acceptors (Lipinski definition) is 5. The third kappa shape index (κ3) is 2.62. The molecule has 0 saturated heterocycles. The van der Waals surface area contributed by atoms with Crippen LogP contribution in [0, 0.1) is 6.92 Å². The number of carboxylic acid groups (broad SMARTS) is 1. The van der Waals surface area contributed by atoms with Crippen LogP contribution in [0.5, 0.6) is 0 Å². The summed E-state index contributed by atoms with van der Waals surface area (Å²) in [4.78, 5) is 14.6. The number of rotatable bonds is 4. The van der Waals surface area contributed by atoms with Crippen LogP contribution in [0.2, 0.25) is 0 Å². The summed E-state index contributed by atoms with van der Waals surface area (Å²) in [5.74, 6) is -1.01. The Morgan fingerprint density at radius 3 is 2.94 bits per heavy atom. The Morgan fingerprint density at radius 1 is 1.65 bits per heavy atom. The number of carbonyl (C=O) groups is 1. The van der Waals surface area contributed by atoms with Crippen molar-refractivity contribution in [2.45, 2.75) is 13.5 Å². The predicted molar refractivity (Wildman–Crippen MR) is 64.3 cm³/mol. The molecule has 0 unspecified atom stereocenters. The summed E-state index contributed by atoms with van der Waals surface area (Å²) in [6.45, 7) is 2.52. The summed E-state index contributed by atoms with van der Waals surface area (Å²) < 4.78 is 1.75. The summed E-state index contributed by atoms with van der Waals surface area (Å²) in [6.07, 6.45) is 1.92. The molecule has 6 nitrogen and oxygen atoms in total. The Labute approximate surface area is 102 Å². The van der Waals surface area contributed by atoms with E-state index in [1.807, 2.05) is 20.2 Å². The number of aromatic carboxylic acids is 1. The molecule has 0 aromatic carbocycles. The van der Waals surface area contributed by atoms with Crippen LogP contribution in [0.4, 0.5) is 5.13 Å². The van der Waals surface area contributed by atoms with Gasteiger partial charge < -0.3 is 10.4 Å². The van der Waals surface area contributed by atoms with Crippen LogP contribution >= 0.6 is 11.3 Å². The molecule has 0 fully saturated rings. The van der Waals surface area contributed by atoms with Gasteiger partial charge in [0.05, 0.1) is 5.69 Å². The SMILES string of the molecule is Cc1nn(C)cc1CNc1nc(C(=O)O)cs1. The standard InChI is InChI=1S/C10H12N4O2S/c1-6-7(4-14(2)13-6)3-11-10-12-8(5-17-10)9(15)16/h4-5H,3H2,1-2H3,(H,11,12)(H,15,16). The van der Waals surface area contributed by atoms with Crippen molar-refractivity contribution in [1.29, 1.82) is 0 Å². The molecule has 2 N–H and O–H groups in total. The van der Waals surface area contributed by atoms with E-state index in [0.717, 1.165) is 11.3 Å². The van der Waals surface area contributed by atoms with Crippen molar-refractivity contribution in [3.63, 3.8) is 0 Å². The molecule has 2 heterocycles. The van der Waals surface area contributed by atoms with Gasteiger partial charge in [-0.1, -0.05) is 0 Å². The normalized spacial score (nSPS) is 10.5. The van der Waals surface area contributed by atoms with Gasteiger partial charge in [0.15, 0.2) is 10.8 Å². The molecule has 17 heavy (non-hydrogen) atoms. The van der Waals surface area contributed by atoms with Gasteiger partial charge in [-0.3, -0.25) is 4.68 Å². The lowest BCUT2D eigenvalue weighted by molar-refractivity contribution is 0.0691. The lowest BCUT2D eigenvalue weighted by Gasteiger charge is -2.00. The molecular formula is C10H12N4O2S. The maximum absolute atomic E-state index is 10.6. The summed E-state index contributed by atoms with van der Waals surface area (Å²) in [7, 11) is 1.86. The van der Waals surface area contributed by atoms with E-state index in [1.165, 1.54) is 16.7 Å². The van der Waals surface area contributed by atoms with Crippen LogP contribution in [-0.4, -0.2) is 25.8 Å². The maximum Gasteiger partial charge on any atom is 0.355 e. The third-order valence-electron chi connectivity index (χ3n) is 2.27. The molecule has 0 aliphatic carbocycles. The Balaban J connectivity index is 2.02. The first-order valence-corrected chi connectivity index (χ1v) is 5.86. The number of anilines is 1. The molecule has 0 aliphatic heterocycles. The fourth-order valence-electron chi connectivity index (χ4n) is 1.45. The molecule has 0 aliphatic rings. The van der Waals surface area contributed by atoms with E-state index >= 15 is 0 Å². The minimum atomic E-state index is -1.01. The van der Waals surface area contributed by atoms with Gasteiger partial charge in [0.1, 0.15) is 0 Å². The Hall–Kier alpha value is -1.89. The third-order valence-corrected chi connectivity index (χ3v) is 3.07. The molecule has 0 amide bonds. The van der Waals surface area contributed by atoms with Crippen molar-refractivity contribution in [3.8, 4) is 0 Å². The van der Waals surface area contributed by atoms with Crippen molar-refractivity contribution in [1.82, 2.24) is 14.8 Å². The van der Waals surface area contributed by atoms with Gasteiger partial charge >= 0.3 is 5.97 Å². The predicted octanol–water partition coefficient (Wildman–Crippen LogP) is 1.50. The van der Waals surface area contributed by atoms with Crippen molar-refractivity contribution in [2.24, 2.45) is 7.05 Å². The van der Waals surface area contributed by atoms with Gasteiger partial charge in [0.2, 0.25) is 0 Å². The molecule has 2 aromatic heterocycles. The Morgan fingerprint density at radius 2 is 2.41 bits per heavy atom. The molecule has 0 bridgehead atoms. The van der Waals surface area contributed by atoms with E-state index in [1.54, 1.807) is 4.68 Å². The number of nitrogens with one attached hydrogen (secondary N) is 1. The second-order valence-corrected chi connectivity index (χ2v) is 4.47. The molecule has 7 heteroatoms. The van der Waals surface area contributed by atoms with Crippen LogP contribution in [0.3, 0.4) is 0 Å². The van der Waals surface area contributed by atoms with E-state index < -0.39 is 5.97 Å².